The van der Waals surface area contributed by atoms with Gasteiger partial charge in [-0.3, -0.25) is 5.32 Å². The fraction of sp³-hybridized carbons (Fsp3) is 0.462. The van der Waals surface area contributed by atoms with Crippen molar-refractivity contribution in [2.45, 2.75) is 31.3 Å². The lowest BCUT2D eigenvalue weighted by atomic mass is 10.2. The molecule has 7 heteroatoms. The molecule has 2 rings (SSSR count). The van der Waals surface area contributed by atoms with E-state index in [1.807, 2.05) is 6.07 Å². The van der Waals surface area contributed by atoms with Crippen LogP contribution in [0.2, 0.25) is 0 Å². The van der Waals surface area contributed by atoms with Crippen molar-refractivity contribution in [1.82, 2.24) is 5.32 Å². The van der Waals surface area contributed by atoms with Gasteiger partial charge in [0.2, 0.25) is 11.6 Å². The summed E-state index contributed by atoms with van der Waals surface area (Å²) in [5.74, 6) is -7.29. The fourth-order valence-corrected chi connectivity index (χ4v) is 1.68. The molecule has 1 saturated carbocycles. The second-order valence-corrected chi connectivity index (χ2v) is 4.56. The van der Waals surface area contributed by atoms with Crippen molar-refractivity contribution in [1.29, 1.82) is 5.26 Å². The Morgan fingerprint density at radius 2 is 1.85 bits per heavy atom. The Morgan fingerprint density at radius 3 is 2.35 bits per heavy atom. The number of ether oxygens (including phenoxy) is 1. The molecule has 0 radical (unpaired) electrons. The van der Waals surface area contributed by atoms with Crippen molar-refractivity contribution >= 4 is 0 Å². The van der Waals surface area contributed by atoms with Crippen molar-refractivity contribution in [3.63, 3.8) is 0 Å². The van der Waals surface area contributed by atoms with Crippen LogP contribution in [-0.4, -0.2) is 18.7 Å². The van der Waals surface area contributed by atoms with E-state index in [1.54, 1.807) is 0 Å². The normalized spacial score (nSPS) is 15.8. The molecular weight excluding hydrogens is 276 g/mol. The Balaban J connectivity index is 1.95. The van der Waals surface area contributed by atoms with Crippen LogP contribution in [0.5, 0.6) is 5.75 Å². The summed E-state index contributed by atoms with van der Waals surface area (Å²) in [4.78, 5) is 0. The second kappa shape index (κ2) is 6.09. The van der Waals surface area contributed by atoms with E-state index in [-0.39, 0.29) is 19.1 Å². The number of nitriles is 1. The Hall–Kier alpha value is -1.81. The average molecular weight is 288 g/mol. The van der Waals surface area contributed by atoms with Gasteiger partial charge in [-0.15, -0.1) is 0 Å². The van der Waals surface area contributed by atoms with Gasteiger partial charge in [0.15, 0.2) is 17.4 Å². The topological polar surface area (TPSA) is 45.0 Å². The lowest BCUT2D eigenvalue weighted by Crippen LogP contribution is -2.31. The number of halogens is 4. The Labute approximate surface area is 113 Å². The molecule has 3 nitrogen and oxygen atoms in total. The van der Waals surface area contributed by atoms with Gasteiger partial charge in [0.25, 0.3) is 0 Å². The maximum absolute atomic E-state index is 13.3. The highest BCUT2D eigenvalue weighted by molar-refractivity contribution is 5.28. The van der Waals surface area contributed by atoms with Crippen molar-refractivity contribution < 1.29 is 22.3 Å². The van der Waals surface area contributed by atoms with Crippen molar-refractivity contribution in [2.24, 2.45) is 0 Å². The van der Waals surface area contributed by atoms with Crippen LogP contribution in [0.3, 0.4) is 0 Å². The van der Waals surface area contributed by atoms with Gasteiger partial charge in [-0.25, -0.2) is 8.78 Å². The van der Waals surface area contributed by atoms with E-state index in [0.717, 1.165) is 12.8 Å². The zero-order chi connectivity index (χ0) is 14.7. The first-order valence-electron chi connectivity index (χ1n) is 6.14. The largest absolute Gasteiger partial charge is 0.487 e. The molecule has 108 valence electrons. The number of benzene rings is 1. The third-order valence-electron chi connectivity index (χ3n) is 2.89. The van der Waals surface area contributed by atoms with Crippen LogP contribution in [0.25, 0.3) is 0 Å². The van der Waals surface area contributed by atoms with Crippen LogP contribution < -0.4 is 10.1 Å². The minimum atomic E-state index is -1.58. The summed E-state index contributed by atoms with van der Waals surface area (Å²) in [6, 6.07) is 1.87. The van der Waals surface area contributed by atoms with Crippen LogP contribution in [0.15, 0.2) is 6.07 Å². The molecule has 1 N–H and O–H groups in total. The molecule has 1 aromatic rings. The lowest BCUT2D eigenvalue weighted by Gasteiger charge is -2.13. The first-order chi connectivity index (χ1) is 9.52. The van der Waals surface area contributed by atoms with Gasteiger partial charge in [-0.2, -0.15) is 14.0 Å². The Morgan fingerprint density at radius 1 is 1.25 bits per heavy atom. The lowest BCUT2D eigenvalue weighted by molar-refractivity contribution is 0.259. The summed E-state index contributed by atoms with van der Waals surface area (Å²) < 4.78 is 57.2. The summed E-state index contributed by atoms with van der Waals surface area (Å²) in [5.41, 5.74) is 0. The smallest absolute Gasteiger partial charge is 0.203 e. The predicted molar refractivity (Wildman–Crippen MR) is 61.9 cm³/mol. The maximum Gasteiger partial charge on any atom is 0.203 e. The molecule has 0 spiro atoms. The third-order valence-corrected chi connectivity index (χ3v) is 2.89. The van der Waals surface area contributed by atoms with Crippen LogP contribution in [0.4, 0.5) is 17.6 Å². The molecule has 0 amide bonds. The summed E-state index contributed by atoms with van der Waals surface area (Å²) in [5, 5.41) is 11.9. The van der Waals surface area contributed by atoms with Gasteiger partial charge in [0.05, 0.1) is 18.7 Å². The number of nitrogens with one attached hydrogen (secondary N) is 1. The molecule has 1 atom stereocenters. The Bertz CT molecular complexity index is 514. The molecule has 1 aliphatic rings. The molecule has 0 aromatic heterocycles. The van der Waals surface area contributed by atoms with Crippen LogP contribution in [0, 0.1) is 34.6 Å². The standard InChI is InChI=1S/C13H12F4N2O/c14-9-5-10(15)12(17)13(11(9)16)20-4-3-8(6-18)19-7-1-2-7/h5,7-8,19H,1-4H2. The van der Waals surface area contributed by atoms with E-state index in [1.165, 1.54) is 0 Å². The van der Waals surface area contributed by atoms with Crippen LogP contribution in [0.1, 0.15) is 19.3 Å². The highest BCUT2D eigenvalue weighted by Crippen LogP contribution is 2.26. The third kappa shape index (κ3) is 3.39. The zero-order valence-corrected chi connectivity index (χ0v) is 10.4. The van der Waals surface area contributed by atoms with Gasteiger partial charge in [0, 0.05) is 18.5 Å². The number of nitrogens with zero attached hydrogens (tertiary/aromatic N) is 1. The first-order valence-corrected chi connectivity index (χ1v) is 6.14. The van der Waals surface area contributed by atoms with Crippen molar-refractivity contribution in [2.75, 3.05) is 6.61 Å². The second-order valence-electron chi connectivity index (χ2n) is 4.56. The molecule has 1 aliphatic carbocycles. The van der Waals surface area contributed by atoms with Crippen LogP contribution in [-0.2, 0) is 0 Å². The predicted octanol–water partition coefficient (Wildman–Crippen LogP) is 2.66. The van der Waals surface area contributed by atoms with Crippen molar-refractivity contribution in [3.8, 4) is 11.8 Å². The summed E-state index contributed by atoms with van der Waals surface area (Å²) in [7, 11) is 0. The maximum atomic E-state index is 13.3. The van der Waals surface area contributed by atoms with Gasteiger partial charge >= 0.3 is 0 Å². The van der Waals surface area contributed by atoms with E-state index < -0.39 is 35.1 Å². The molecular formula is C13H12F4N2O. The molecule has 0 saturated heterocycles. The van der Waals surface area contributed by atoms with E-state index in [9.17, 15) is 17.6 Å². The molecule has 1 aromatic carbocycles. The van der Waals surface area contributed by atoms with E-state index in [0.29, 0.717) is 6.04 Å². The fourth-order valence-electron chi connectivity index (χ4n) is 1.68. The summed E-state index contributed by atoms with van der Waals surface area (Å²) in [6.07, 6.45) is 2.12. The molecule has 1 unspecified atom stereocenters. The number of rotatable bonds is 6. The van der Waals surface area contributed by atoms with E-state index >= 15 is 0 Å². The van der Waals surface area contributed by atoms with Gasteiger partial charge in [-0.1, -0.05) is 0 Å². The minimum absolute atomic E-state index is 0.115. The monoisotopic (exact) mass is 288 g/mol. The average Bonchev–Trinajstić information content (AvgIpc) is 3.23. The summed E-state index contributed by atoms with van der Waals surface area (Å²) >= 11 is 0. The molecule has 0 aliphatic heterocycles. The molecule has 0 heterocycles. The molecule has 1 fully saturated rings. The molecule has 0 bridgehead atoms. The minimum Gasteiger partial charge on any atom is -0.487 e. The van der Waals surface area contributed by atoms with E-state index in [4.69, 9.17) is 10.00 Å². The van der Waals surface area contributed by atoms with Gasteiger partial charge < -0.3 is 4.74 Å². The van der Waals surface area contributed by atoms with Crippen molar-refractivity contribution in [3.05, 3.63) is 29.3 Å². The zero-order valence-electron chi connectivity index (χ0n) is 10.4. The number of hydrogen-bond donors (Lipinski definition) is 1. The Kier molecular flexibility index (Phi) is 4.45. The van der Waals surface area contributed by atoms with Crippen LogP contribution >= 0.6 is 0 Å². The quantitative estimate of drug-likeness (QED) is 0.646. The first kappa shape index (κ1) is 14.6. The SMILES string of the molecule is N#CC(CCOc1c(F)c(F)cc(F)c1F)NC1CC1. The van der Waals surface area contributed by atoms with E-state index in [2.05, 4.69) is 5.32 Å². The number of hydrogen-bond acceptors (Lipinski definition) is 3. The van der Waals surface area contributed by atoms with Gasteiger partial charge in [0.1, 0.15) is 0 Å². The highest BCUT2D eigenvalue weighted by Gasteiger charge is 2.25. The molecule has 20 heavy (non-hydrogen) atoms. The van der Waals surface area contributed by atoms with Gasteiger partial charge in [-0.05, 0) is 12.8 Å². The summed E-state index contributed by atoms with van der Waals surface area (Å²) in [6.45, 7) is -0.227. The highest BCUT2D eigenvalue weighted by atomic mass is 19.2.